The largest absolute Gasteiger partial charge is 0.416 e. The highest BCUT2D eigenvalue weighted by Crippen LogP contribution is 2.30. The maximum Gasteiger partial charge on any atom is 0.416 e. The lowest BCUT2D eigenvalue weighted by Crippen LogP contribution is -2.09. The Kier molecular flexibility index (Phi) is 3.46. The molecule has 106 valence electrons. The van der Waals surface area contributed by atoms with Crippen LogP contribution in [0.1, 0.15) is 38.4 Å². The molecule has 2 nitrogen and oxygen atoms in total. The van der Waals surface area contributed by atoms with Crippen LogP contribution < -0.4 is 0 Å². The number of hydrogen-bond acceptors (Lipinski definition) is 1. The number of nitrogens with one attached hydrogen (secondary N) is 1. The first-order chi connectivity index (χ1) is 9.21. The summed E-state index contributed by atoms with van der Waals surface area (Å²) in [5.41, 5.74) is 2.12. The number of alkyl halides is 3. The molecule has 1 aromatic heterocycles. The van der Waals surface area contributed by atoms with Crippen LogP contribution in [-0.2, 0) is 6.18 Å². The molecule has 0 aliphatic rings. The Hall–Kier alpha value is -2.04. The molecule has 5 heteroatoms. The van der Waals surface area contributed by atoms with Gasteiger partial charge in [-0.05, 0) is 44.0 Å². The molecule has 2 rings (SSSR count). The molecule has 1 heterocycles. The molecular weight excluding hydrogens is 267 g/mol. The van der Waals surface area contributed by atoms with Crippen LogP contribution in [0.25, 0.3) is 0 Å². The Morgan fingerprint density at radius 3 is 2.25 bits per heavy atom. The third kappa shape index (κ3) is 2.48. The lowest BCUT2D eigenvalue weighted by atomic mass is 10.0. The summed E-state index contributed by atoms with van der Waals surface area (Å²) in [6.07, 6.45) is -4.45. The molecule has 0 unspecified atom stereocenters. The summed E-state index contributed by atoms with van der Waals surface area (Å²) in [4.78, 5) is 15.3. The van der Waals surface area contributed by atoms with Crippen LogP contribution in [0.5, 0.6) is 0 Å². The number of H-pyrrole nitrogens is 1. The van der Waals surface area contributed by atoms with Crippen LogP contribution in [0, 0.1) is 20.8 Å². The van der Waals surface area contributed by atoms with Crippen LogP contribution >= 0.6 is 0 Å². The van der Waals surface area contributed by atoms with E-state index in [1.54, 1.807) is 6.92 Å². The highest BCUT2D eigenvalue weighted by Gasteiger charge is 2.31. The van der Waals surface area contributed by atoms with Gasteiger partial charge in [0, 0.05) is 11.3 Å². The minimum absolute atomic E-state index is 0.0316. The first-order valence-electron chi connectivity index (χ1n) is 6.09. The fraction of sp³-hybridized carbons (Fsp3) is 0.267. The van der Waals surface area contributed by atoms with Gasteiger partial charge in [0.15, 0.2) is 0 Å². The molecule has 0 saturated carbocycles. The van der Waals surface area contributed by atoms with Crippen LogP contribution in [0.4, 0.5) is 13.2 Å². The van der Waals surface area contributed by atoms with Gasteiger partial charge in [-0.25, -0.2) is 0 Å². The second-order valence-corrected chi connectivity index (χ2v) is 4.78. The minimum atomic E-state index is -4.45. The number of hydrogen-bond donors (Lipinski definition) is 1. The zero-order valence-electron chi connectivity index (χ0n) is 11.4. The van der Waals surface area contributed by atoms with Gasteiger partial charge in [0.2, 0.25) is 5.78 Å². The van der Waals surface area contributed by atoms with Crippen molar-refractivity contribution in [2.24, 2.45) is 0 Å². The van der Waals surface area contributed by atoms with Crippen molar-refractivity contribution in [2.45, 2.75) is 26.9 Å². The fourth-order valence-electron chi connectivity index (χ4n) is 2.05. The molecule has 0 aliphatic heterocycles. The first-order valence-corrected chi connectivity index (χ1v) is 6.09. The number of carbonyl (C=O) groups is 1. The van der Waals surface area contributed by atoms with E-state index in [9.17, 15) is 18.0 Å². The summed E-state index contributed by atoms with van der Waals surface area (Å²) in [6.45, 7) is 5.47. The van der Waals surface area contributed by atoms with Crippen molar-refractivity contribution < 1.29 is 18.0 Å². The zero-order valence-corrected chi connectivity index (χ0v) is 11.4. The highest BCUT2D eigenvalue weighted by atomic mass is 19.4. The first kappa shape index (κ1) is 14.4. The summed E-state index contributed by atoms with van der Waals surface area (Å²) in [6, 6.07) is 4.47. The van der Waals surface area contributed by atoms with Crippen molar-refractivity contribution in [3.8, 4) is 0 Å². The van der Waals surface area contributed by atoms with E-state index in [0.717, 1.165) is 29.0 Å². The van der Waals surface area contributed by atoms with Gasteiger partial charge in [-0.2, -0.15) is 13.2 Å². The molecule has 0 fully saturated rings. The second kappa shape index (κ2) is 4.81. The van der Waals surface area contributed by atoms with E-state index < -0.39 is 17.5 Å². The van der Waals surface area contributed by atoms with E-state index in [1.165, 1.54) is 12.1 Å². The van der Waals surface area contributed by atoms with Gasteiger partial charge in [0.05, 0.1) is 11.3 Å². The molecule has 0 amide bonds. The Balaban J connectivity index is 2.46. The normalized spacial score (nSPS) is 11.7. The van der Waals surface area contributed by atoms with Crippen molar-refractivity contribution in [1.29, 1.82) is 0 Å². The van der Waals surface area contributed by atoms with E-state index in [-0.39, 0.29) is 5.56 Å². The summed E-state index contributed by atoms with van der Waals surface area (Å²) in [5.74, 6) is -0.426. The Morgan fingerprint density at radius 2 is 1.75 bits per heavy atom. The van der Waals surface area contributed by atoms with Crippen LogP contribution in [0.3, 0.4) is 0 Å². The number of halogens is 3. The number of ketones is 1. The molecule has 2 aromatic rings. The predicted molar refractivity (Wildman–Crippen MR) is 69.9 cm³/mol. The predicted octanol–water partition coefficient (Wildman–Crippen LogP) is 4.19. The van der Waals surface area contributed by atoms with Crippen LogP contribution in [-0.4, -0.2) is 10.8 Å². The number of aromatic nitrogens is 1. The quantitative estimate of drug-likeness (QED) is 0.823. The number of carbonyl (C=O) groups excluding carboxylic acids is 1. The molecule has 0 aliphatic carbocycles. The molecule has 1 aromatic carbocycles. The summed E-state index contributed by atoms with van der Waals surface area (Å²) < 4.78 is 38.0. The maximum atomic E-state index is 12.7. The average Bonchev–Trinajstić information content (AvgIpc) is 2.65. The third-order valence-electron chi connectivity index (χ3n) is 3.49. The van der Waals surface area contributed by atoms with E-state index in [2.05, 4.69) is 4.98 Å². The number of rotatable bonds is 2. The van der Waals surface area contributed by atoms with Gasteiger partial charge in [-0.1, -0.05) is 12.1 Å². The standard InChI is InChI=1S/C15H14F3NO/c1-8-9(2)13(19-10(8)3)14(20)11-5-4-6-12(7-11)15(16,17)18/h4-7,19H,1-3H3. The summed E-state index contributed by atoms with van der Waals surface area (Å²) in [5, 5.41) is 0. The zero-order chi connectivity index (χ0) is 15.1. The van der Waals surface area contributed by atoms with Crippen molar-refractivity contribution in [3.05, 3.63) is 57.9 Å². The molecule has 1 N–H and O–H groups in total. The molecule has 0 bridgehead atoms. The van der Waals surface area contributed by atoms with Crippen molar-refractivity contribution in [1.82, 2.24) is 4.98 Å². The highest BCUT2D eigenvalue weighted by molar-refractivity contribution is 6.09. The topological polar surface area (TPSA) is 32.9 Å². The average molecular weight is 281 g/mol. The molecule has 0 radical (unpaired) electrons. The monoisotopic (exact) mass is 281 g/mol. The van der Waals surface area contributed by atoms with Crippen molar-refractivity contribution in [3.63, 3.8) is 0 Å². The van der Waals surface area contributed by atoms with Gasteiger partial charge >= 0.3 is 6.18 Å². The molecular formula is C15H14F3NO. The Bertz CT molecular complexity index is 668. The number of aromatic amines is 1. The van der Waals surface area contributed by atoms with E-state index in [4.69, 9.17) is 0 Å². The maximum absolute atomic E-state index is 12.7. The molecule has 20 heavy (non-hydrogen) atoms. The minimum Gasteiger partial charge on any atom is -0.356 e. The van der Waals surface area contributed by atoms with Gasteiger partial charge < -0.3 is 4.98 Å². The van der Waals surface area contributed by atoms with Crippen molar-refractivity contribution in [2.75, 3.05) is 0 Å². The summed E-state index contributed by atoms with van der Waals surface area (Å²) >= 11 is 0. The third-order valence-corrected chi connectivity index (χ3v) is 3.49. The van der Waals surface area contributed by atoms with Gasteiger partial charge in [-0.15, -0.1) is 0 Å². The molecule has 0 spiro atoms. The van der Waals surface area contributed by atoms with E-state index in [1.807, 2.05) is 13.8 Å². The van der Waals surface area contributed by atoms with Gasteiger partial charge in [0.25, 0.3) is 0 Å². The van der Waals surface area contributed by atoms with Crippen LogP contribution in [0.15, 0.2) is 24.3 Å². The van der Waals surface area contributed by atoms with Gasteiger partial charge in [-0.3, -0.25) is 4.79 Å². The smallest absolute Gasteiger partial charge is 0.356 e. The second-order valence-electron chi connectivity index (χ2n) is 4.78. The lowest BCUT2D eigenvalue weighted by molar-refractivity contribution is -0.137. The van der Waals surface area contributed by atoms with Crippen molar-refractivity contribution >= 4 is 5.78 Å². The number of aryl methyl sites for hydroxylation is 1. The summed E-state index contributed by atoms with van der Waals surface area (Å²) in [7, 11) is 0. The Labute approximate surface area is 114 Å². The molecule has 0 atom stereocenters. The molecule has 0 saturated heterocycles. The van der Waals surface area contributed by atoms with Gasteiger partial charge in [0.1, 0.15) is 0 Å². The SMILES string of the molecule is Cc1[nH]c(C(=O)c2cccc(C(F)(F)F)c2)c(C)c1C. The van der Waals surface area contributed by atoms with E-state index in [0.29, 0.717) is 5.69 Å². The van der Waals surface area contributed by atoms with Crippen LogP contribution in [0.2, 0.25) is 0 Å². The van der Waals surface area contributed by atoms with E-state index >= 15 is 0 Å². The lowest BCUT2D eigenvalue weighted by Gasteiger charge is -2.08. The Morgan fingerprint density at radius 1 is 1.10 bits per heavy atom. The number of benzene rings is 1. The fourth-order valence-corrected chi connectivity index (χ4v) is 2.05.